The molecule has 0 aliphatic heterocycles. The summed E-state index contributed by atoms with van der Waals surface area (Å²) in [6.45, 7) is 4.08. The van der Waals surface area contributed by atoms with E-state index in [0.29, 0.717) is 5.88 Å². The Morgan fingerprint density at radius 3 is 2.94 bits per heavy atom. The summed E-state index contributed by atoms with van der Waals surface area (Å²) in [5, 5.41) is 2.11. The van der Waals surface area contributed by atoms with Gasteiger partial charge < -0.3 is 4.90 Å². The average molecular weight is 267 g/mol. The summed E-state index contributed by atoms with van der Waals surface area (Å²) in [6.07, 6.45) is 1.82. The Balaban J connectivity index is 2.16. The standard InChI is InChI=1S/C13H15ClN2S/c1-2-16(10-13-4-3-7-17-13)12-5-6-15-11(8-12)9-14/h3-8H,2,9-10H2,1H3. The first-order valence-electron chi connectivity index (χ1n) is 5.61. The maximum Gasteiger partial charge on any atom is 0.0648 e. The van der Waals surface area contributed by atoms with E-state index in [-0.39, 0.29) is 0 Å². The molecule has 0 saturated heterocycles. The third-order valence-corrected chi connectivity index (χ3v) is 3.75. The molecular weight excluding hydrogens is 252 g/mol. The molecule has 0 unspecified atom stereocenters. The molecule has 0 aliphatic carbocycles. The Bertz CT molecular complexity index is 456. The van der Waals surface area contributed by atoms with Gasteiger partial charge >= 0.3 is 0 Å². The molecule has 2 heterocycles. The lowest BCUT2D eigenvalue weighted by atomic mass is 10.3. The van der Waals surface area contributed by atoms with E-state index in [4.69, 9.17) is 11.6 Å². The van der Waals surface area contributed by atoms with Crippen LogP contribution in [0.15, 0.2) is 35.8 Å². The summed E-state index contributed by atoms with van der Waals surface area (Å²) >= 11 is 7.60. The average Bonchev–Trinajstić information content (AvgIpc) is 2.89. The van der Waals surface area contributed by atoms with Gasteiger partial charge in [-0.25, -0.2) is 0 Å². The van der Waals surface area contributed by atoms with Gasteiger partial charge in [-0.2, -0.15) is 0 Å². The van der Waals surface area contributed by atoms with Crippen molar-refractivity contribution in [1.29, 1.82) is 0 Å². The van der Waals surface area contributed by atoms with E-state index in [9.17, 15) is 0 Å². The van der Waals surface area contributed by atoms with E-state index >= 15 is 0 Å². The summed E-state index contributed by atoms with van der Waals surface area (Å²) in [5.74, 6) is 0.463. The summed E-state index contributed by atoms with van der Waals surface area (Å²) < 4.78 is 0. The van der Waals surface area contributed by atoms with Crippen molar-refractivity contribution in [1.82, 2.24) is 4.98 Å². The molecule has 2 rings (SSSR count). The van der Waals surface area contributed by atoms with Gasteiger partial charge in [0.15, 0.2) is 0 Å². The molecule has 0 N–H and O–H groups in total. The van der Waals surface area contributed by atoms with Crippen LogP contribution in [0.3, 0.4) is 0 Å². The number of nitrogens with zero attached hydrogens (tertiary/aromatic N) is 2. The summed E-state index contributed by atoms with van der Waals surface area (Å²) in [5.41, 5.74) is 2.11. The maximum atomic E-state index is 5.81. The maximum absolute atomic E-state index is 5.81. The molecule has 0 amide bonds. The quantitative estimate of drug-likeness (QED) is 0.763. The van der Waals surface area contributed by atoms with Crippen molar-refractivity contribution in [3.05, 3.63) is 46.4 Å². The molecule has 17 heavy (non-hydrogen) atoms. The molecule has 90 valence electrons. The van der Waals surface area contributed by atoms with E-state index in [1.165, 1.54) is 10.6 Å². The smallest absolute Gasteiger partial charge is 0.0648 e. The van der Waals surface area contributed by atoms with Crippen LogP contribution in [0.1, 0.15) is 17.5 Å². The molecule has 0 radical (unpaired) electrons. The minimum absolute atomic E-state index is 0.463. The molecule has 0 fully saturated rings. The predicted octanol–water partition coefficient (Wildman–Crippen LogP) is 3.91. The Kier molecular flexibility index (Phi) is 4.40. The van der Waals surface area contributed by atoms with E-state index in [2.05, 4.69) is 40.4 Å². The Hall–Kier alpha value is -1.06. The van der Waals surface area contributed by atoms with Crippen molar-refractivity contribution in [3.8, 4) is 0 Å². The van der Waals surface area contributed by atoms with Crippen LogP contribution in [0, 0.1) is 0 Å². The third kappa shape index (κ3) is 3.20. The van der Waals surface area contributed by atoms with Crippen LogP contribution in [0.25, 0.3) is 0 Å². The van der Waals surface area contributed by atoms with Gasteiger partial charge in [0, 0.05) is 23.3 Å². The van der Waals surface area contributed by atoms with Crippen molar-refractivity contribution >= 4 is 28.6 Å². The number of pyridine rings is 1. The second kappa shape index (κ2) is 6.03. The molecule has 2 nitrogen and oxygen atoms in total. The van der Waals surface area contributed by atoms with Crippen LogP contribution in [0.5, 0.6) is 0 Å². The van der Waals surface area contributed by atoms with Crippen LogP contribution >= 0.6 is 22.9 Å². The molecule has 0 atom stereocenters. The monoisotopic (exact) mass is 266 g/mol. The largest absolute Gasteiger partial charge is 0.367 e. The molecular formula is C13H15ClN2S. The minimum Gasteiger partial charge on any atom is -0.367 e. The van der Waals surface area contributed by atoms with Crippen molar-refractivity contribution < 1.29 is 0 Å². The lowest BCUT2D eigenvalue weighted by Gasteiger charge is -2.22. The SMILES string of the molecule is CCN(Cc1cccs1)c1ccnc(CCl)c1. The topological polar surface area (TPSA) is 16.1 Å². The molecule has 0 saturated carbocycles. The number of thiophene rings is 1. The molecule has 0 aromatic carbocycles. The van der Waals surface area contributed by atoms with Crippen LogP contribution < -0.4 is 4.90 Å². The zero-order chi connectivity index (χ0) is 12.1. The zero-order valence-electron chi connectivity index (χ0n) is 9.77. The van der Waals surface area contributed by atoms with Crippen LogP contribution in [-0.2, 0) is 12.4 Å². The van der Waals surface area contributed by atoms with Crippen molar-refractivity contribution in [2.45, 2.75) is 19.3 Å². The lowest BCUT2D eigenvalue weighted by Crippen LogP contribution is -2.21. The van der Waals surface area contributed by atoms with E-state index < -0.39 is 0 Å². The Labute approximate surface area is 111 Å². The van der Waals surface area contributed by atoms with Crippen LogP contribution in [-0.4, -0.2) is 11.5 Å². The van der Waals surface area contributed by atoms with Crippen molar-refractivity contribution in [2.75, 3.05) is 11.4 Å². The summed E-state index contributed by atoms with van der Waals surface area (Å²) in [7, 11) is 0. The molecule has 0 aliphatic rings. The van der Waals surface area contributed by atoms with Gasteiger partial charge in [0.05, 0.1) is 18.1 Å². The van der Waals surface area contributed by atoms with Crippen molar-refractivity contribution in [3.63, 3.8) is 0 Å². The van der Waals surface area contributed by atoms with Gasteiger partial charge in [0.2, 0.25) is 0 Å². The predicted molar refractivity (Wildman–Crippen MR) is 74.8 cm³/mol. The highest BCUT2D eigenvalue weighted by molar-refractivity contribution is 7.09. The first-order valence-corrected chi connectivity index (χ1v) is 7.03. The first kappa shape index (κ1) is 12.4. The second-order valence-corrected chi connectivity index (χ2v) is 5.03. The fourth-order valence-electron chi connectivity index (χ4n) is 1.71. The van der Waals surface area contributed by atoms with Crippen molar-refractivity contribution in [2.24, 2.45) is 0 Å². The lowest BCUT2D eigenvalue weighted by molar-refractivity contribution is 0.839. The molecule has 0 spiro atoms. The second-order valence-electron chi connectivity index (χ2n) is 3.73. The number of hydrogen-bond donors (Lipinski definition) is 0. The highest BCUT2D eigenvalue weighted by Crippen LogP contribution is 2.20. The number of rotatable bonds is 5. The highest BCUT2D eigenvalue weighted by Gasteiger charge is 2.06. The van der Waals surface area contributed by atoms with E-state index in [0.717, 1.165) is 18.8 Å². The normalized spacial score (nSPS) is 10.5. The van der Waals surface area contributed by atoms with E-state index in [1.54, 1.807) is 11.3 Å². The number of alkyl halides is 1. The fourth-order valence-corrected chi connectivity index (χ4v) is 2.58. The molecule has 2 aromatic rings. The van der Waals surface area contributed by atoms with Crippen LogP contribution in [0.2, 0.25) is 0 Å². The minimum atomic E-state index is 0.463. The number of anilines is 1. The van der Waals surface area contributed by atoms with Gasteiger partial charge in [0.1, 0.15) is 0 Å². The third-order valence-electron chi connectivity index (χ3n) is 2.61. The first-order chi connectivity index (χ1) is 8.33. The van der Waals surface area contributed by atoms with Gasteiger partial charge in [-0.05, 0) is 30.5 Å². The van der Waals surface area contributed by atoms with Gasteiger partial charge in [0.25, 0.3) is 0 Å². The van der Waals surface area contributed by atoms with Gasteiger partial charge in [-0.15, -0.1) is 22.9 Å². The fraction of sp³-hybridized carbons (Fsp3) is 0.308. The Morgan fingerprint density at radius 2 is 2.29 bits per heavy atom. The molecule has 0 bridgehead atoms. The highest BCUT2D eigenvalue weighted by atomic mass is 35.5. The summed E-state index contributed by atoms with van der Waals surface area (Å²) in [6, 6.07) is 8.35. The Morgan fingerprint density at radius 1 is 1.41 bits per heavy atom. The number of aromatic nitrogens is 1. The van der Waals surface area contributed by atoms with Crippen LogP contribution in [0.4, 0.5) is 5.69 Å². The molecule has 4 heteroatoms. The molecule has 2 aromatic heterocycles. The zero-order valence-corrected chi connectivity index (χ0v) is 11.3. The number of halogens is 1. The summed E-state index contributed by atoms with van der Waals surface area (Å²) in [4.78, 5) is 7.91. The van der Waals surface area contributed by atoms with E-state index in [1.807, 2.05) is 12.3 Å². The van der Waals surface area contributed by atoms with Gasteiger partial charge in [-0.1, -0.05) is 6.07 Å². The van der Waals surface area contributed by atoms with Gasteiger partial charge in [-0.3, -0.25) is 4.98 Å². The number of hydrogen-bond acceptors (Lipinski definition) is 3.